The van der Waals surface area contributed by atoms with E-state index in [0.29, 0.717) is 5.57 Å². The molecule has 0 amide bonds. The molecule has 0 saturated heterocycles. The summed E-state index contributed by atoms with van der Waals surface area (Å²) in [6, 6.07) is 0. The van der Waals surface area contributed by atoms with Gasteiger partial charge >= 0.3 is 5.97 Å². The van der Waals surface area contributed by atoms with Crippen molar-refractivity contribution in [3.8, 4) is 0 Å². The van der Waals surface area contributed by atoms with E-state index < -0.39 is 5.97 Å². The number of carboxylic acid groups (broad SMARTS) is 1. The van der Waals surface area contributed by atoms with E-state index in [-0.39, 0.29) is 5.41 Å². The van der Waals surface area contributed by atoms with Crippen LogP contribution in [0.1, 0.15) is 52.4 Å². The second kappa shape index (κ2) is 4.11. The molecule has 0 aromatic carbocycles. The molecule has 0 heterocycles. The first kappa shape index (κ1) is 12.3. The predicted molar refractivity (Wildman–Crippen MR) is 71.2 cm³/mol. The Balaban J connectivity index is 1.96. The van der Waals surface area contributed by atoms with E-state index in [4.69, 9.17) is 0 Å². The van der Waals surface area contributed by atoms with Crippen LogP contribution in [0.25, 0.3) is 0 Å². The topological polar surface area (TPSA) is 37.3 Å². The van der Waals surface area contributed by atoms with E-state index in [2.05, 4.69) is 13.0 Å². The van der Waals surface area contributed by atoms with E-state index in [1.54, 1.807) is 6.92 Å². The van der Waals surface area contributed by atoms with Gasteiger partial charge in [0.15, 0.2) is 0 Å². The summed E-state index contributed by atoms with van der Waals surface area (Å²) < 4.78 is 0. The lowest BCUT2D eigenvalue weighted by Crippen LogP contribution is -2.51. The molecule has 4 rings (SSSR count). The van der Waals surface area contributed by atoms with Crippen molar-refractivity contribution in [1.82, 2.24) is 0 Å². The fourth-order valence-corrected chi connectivity index (χ4v) is 5.44. The molecule has 0 spiro atoms. The lowest BCUT2D eigenvalue weighted by Gasteiger charge is -2.60. The first-order chi connectivity index (χ1) is 8.55. The van der Waals surface area contributed by atoms with Gasteiger partial charge in [0.05, 0.1) is 0 Å². The lowest BCUT2D eigenvalue weighted by atomic mass is 9.44. The smallest absolute Gasteiger partial charge is 0.330 e. The van der Waals surface area contributed by atoms with E-state index in [0.717, 1.165) is 30.1 Å². The molecule has 0 aliphatic heterocycles. The second-order valence-corrected chi connectivity index (χ2v) is 6.90. The van der Waals surface area contributed by atoms with E-state index in [9.17, 15) is 9.90 Å². The number of allylic oxidation sites excluding steroid dienone is 1. The second-order valence-electron chi connectivity index (χ2n) is 6.90. The summed E-state index contributed by atoms with van der Waals surface area (Å²) in [4.78, 5) is 11.2. The van der Waals surface area contributed by atoms with Crippen molar-refractivity contribution in [2.45, 2.75) is 52.4 Å². The van der Waals surface area contributed by atoms with Crippen molar-refractivity contribution in [1.29, 1.82) is 0 Å². The van der Waals surface area contributed by atoms with Crippen LogP contribution in [0.3, 0.4) is 0 Å². The highest BCUT2D eigenvalue weighted by molar-refractivity contribution is 5.85. The molecule has 2 heteroatoms. The fraction of sp³-hybridized carbons (Fsp3) is 0.812. The maximum absolute atomic E-state index is 11.2. The molecule has 0 atom stereocenters. The zero-order valence-corrected chi connectivity index (χ0v) is 11.5. The van der Waals surface area contributed by atoms with Gasteiger partial charge in [-0.15, -0.1) is 0 Å². The van der Waals surface area contributed by atoms with E-state index >= 15 is 0 Å². The minimum absolute atomic E-state index is 0.204. The number of carbonyl (C=O) groups is 1. The molecule has 0 aromatic heterocycles. The summed E-state index contributed by atoms with van der Waals surface area (Å²) in [6.45, 7) is 4.03. The summed E-state index contributed by atoms with van der Waals surface area (Å²) in [5.41, 5.74) is 0.764. The summed E-state index contributed by atoms with van der Waals surface area (Å²) in [5, 5.41) is 9.18. The van der Waals surface area contributed by atoms with Crippen LogP contribution < -0.4 is 0 Å². The Bertz CT molecular complexity index is 366. The third-order valence-electron chi connectivity index (χ3n) is 6.09. The van der Waals surface area contributed by atoms with Crippen molar-refractivity contribution >= 4 is 5.97 Å². The van der Waals surface area contributed by atoms with Crippen LogP contribution in [0, 0.1) is 29.1 Å². The third kappa shape index (κ3) is 1.64. The minimum atomic E-state index is -0.739. The molecule has 4 saturated carbocycles. The minimum Gasteiger partial charge on any atom is -0.478 e. The normalized spacial score (nSPS) is 46.4. The van der Waals surface area contributed by atoms with Gasteiger partial charge < -0.3 is 5.11 Å². The molecule has 0 unspecified atom stereocenters. The van der Waals surface area contributed by atoms with Gasteiger partial charge in [-0.3, -0.25) is 0 Å². The van der Waals surface area contributed by atoms with Crippen LogP contribution >= 0.6 is 0 Å². The highest BCUT2D eigenvalue weighted by atomic mass is 16.4. The Kier molecular flexibility index (Phi) is 2.80. The van der Waals surface area contributed by atoms with Crippen molar-refractivity contribution in [3.05, 3.63) is 11.6 Å². The van der Waals surface area contributed by atoms with Gasteiger partial charge in [-0.25, -0.2) is 4.79 Å². The molecular formula is C16H24O2. The first-order valence-corrected chi connectivity index (χ1v) is 7.48. The lowest BCUT2D eigenvalue weighted by molar-refractivity contribution is -0.133. The van der Waals surface area contributed by atoms with Gasteiger partial charge in [-0.05, 0) is 74.5 Å². The first-order valence-electron chi connectivity index (χ1n) is 7.48. The highest BCUT2D eigenvalue weighted by Gasteiger charge is 2.55. The summed E-state index contributed by atoms with van der Waals surface area (Å²) in [6.07, 6.45) is 10.1. The summed E-state index contributed by atoms with van der Waals surface area (Å²) in [5.74, 6) is 2.68. The Labute approximate surface area is 109 Å². The Morgan fingerprint density at radius 2 is 1.67 bits per heavy atom. The molecule has 2 nitrogen and oxygen atoms in total. The van der Waals surface area contributed by atoms with Crippen molar-refractivity contribution in [2.75, 3.05) is 0 Å². The Morgan fingerprint density at radius 1 is 1.17 bits per heavy atom. The standard InChI is InChI=1S/C16H24O2/c1-3-16(9-10(2)15(17)18)13-5-11-4-12(7-13)8-14(16)6-11/h9,11-14H,3-8H2,1-2H3,(H,17,18). The Hall–Kier alpha value is -0.790. The molecule has 18 heavy (non-hydrogen) atoms. The van der Waals surface area contributed by atoms with Crippen LogP contribution in [0.15, 0.2) is 11.6 Å². The zero-order valence-electron chi connectivity index (χ0n) is 11.5. The maximum atomic E-state index is 11.2. The summed E-state index contributed by atoms with van der Waals surface area (Å²) in [7, 11) is 0. The van der Waals surface area contributed by atoms with Crippen LogP contribution in [0.5, 0.6) is 0 Å². The molecule has 0 aromatic rings. The summed E-state index contributed by atoms with van der Waals surface area (Å²) >= 11 is 0. The molecule has 0 radical (unpaired) electrons. The zero-order chi connectivity index (χ0) is 12.9. The van der Waals surface area contributed by atoms with Crippen molar-refractivity contribution in [2.24, 2.45) is 29.1 Å². The monoisotopic (exact) mass is 248 g/mol. The van der Waals surface area contributed by atoms with Crippen LogP contribution in [-0.4, -0.2) is 11.1 Å². The van der Waals surface area contributed by atoms with Crippen molar-refractivity contribution < 1.29 is 9.90 Å². The average molecular weight is 248 g/mol. The molecule has 4 bridgehead atoms. The SMILES string of the molecule is CCC1(C=C(C)C(=O)O)C2CC3CC(C2)CC1C3. The van der Waals surface area contributed by atoms with E-state index in [1.165, 1.54) is 32.1 Å². The highest BCUT2D eigenvalue weighted by Crippen LogP contribution is 2.64. The van der Waals surface area contributed by atoms with Crippen molar-refractivity contribution in [3.63, 3.8) is 0 Å². The maximum Gasteiger partial charge on any atom is 0.330 e. The van der Waals surface area contributed by atoms with Gasteiger partial charge in [0.2, 0.25) is 0 Å². The van der Waals surface area contributed by atoms with Gasteiger partial charge in [0, 0.05) is 5.57 Å². The number of hydrogen-bond acceptors (Lipinski definition) is 1. The predicted octanol–water partition coefficient (Wildman–Crippen LogP) is 3.87. The number of aliphatic carboxylic acids is 1. The molecule has 4 aliphatic rings. The number of carboxylic acids is 1. The fourth-order valence-electron chi connectivity index (χ4n) is 5.44. The number of hydrogen-bond donors (Lipinski definition) is 1. The van der Waals surface area contributed by atoms with Gasteiger partial charge in [-0.2, -0.15) is 0 Å². The molecular weight excluding hydrogens is 224 g/mol. The average Bonchev–Trinajstić information content (AvgIpc) is 2.32. The van der Waals surface area contributed by atoms with Crippen LogP contribution in [0.2, 0.25) is 0 Å². The molecule has 100 valence electrons. The van der Waals surface area contributed by atoms with Gasteiger partial charge in [0.1, 0.15) is 0 Å². The third-order valence-corrected chi connectivity index (χ3v) is 6.09. The quantitative estimate of drug-likeness (QED) is 0.770. The van der Waals surface area contributed by atoms with Gasteiger partial charge in [-0.1, -0.05) is 13.0 Å². The molecule has 4 fully saturated rings. The molecule has 4 aliphatic carbocycles. The van der Waals surface area contributed by atoms with Gasteiger partial charge in [0.25, 0.3) is 0 Å². The van der Waals surface area contributed by atoms with E-state index in [1.807, 2.05) is 0 Å². The molecule has 1 N–H and O–H groups in total. The number of rotatable bonds is 3. The largest absolute Gasteiger partial charge is 0.478 e. The Morgan fingerprint density at radius 3 is 2.06 bits per heavy atom. The van der Waals surface area contributed by atoms with Crippen LogP contribution in [-0.2, 0) is 4.79 Å². The van der Waals surface area contributed by atoms with Crippen LogP contribution in [0.4, 0.5) is 0 Å².